The predicted octanol–water partition coefficient (Wildman–Crippen LogP) is 0.147. The molecular weight excluding hydrogens is 153 g/mol. The molecule has 0 saturated carbocycles. The normalized spacial score (nSPS) is 15.8. The van der Waals surface area contributed by atoms with E-state index < -0.39 is 13.3 Å². The van der Waals surface area contributed by atoms with E-state index in [1.807, 2.05) is 0 Å². The third-order valence-electron chi connectivity index (χ3n) is 1.44. The maximum atomic E-state index is 10.6. The molecule has 4 nitrogen and oxygen atoms in total. The Morgan fingerprint density at radius 3 is 1.90 bits per heavy atom. The van der Waals surface area contributed by atoms with Crippen molar-refractivity contribution in [3.05, 3.63) is 0 Å². The average Bonchev–Trinajstić information content (AvgIpc) is 1.60. The van der Waals surface area contributed by atoms with Crippen LogP contribution < -0.4 is 5.73 Å². The highest BCUT2D eigenvalue weighted by Crippen LogP contribution is 2.43. The first-order chi connectivity index (χ1) is 4.39. The number of nitrogens with two attached hydrogens (primary N) is 1. The maximum Gasteiger partial charge on any atom is 0.330 e. The van der Waals surface area contributed by atoms with Gasteiger partial charge in [-0.25, -0.2) is 0 Å². The molecule has 62 valence electrons. The monoisotopic (exact) mass is 167 g/mol. The fourth-order valence-electron chi connectivity index (χ4n) is 0.798. The number of hydrogen-bond acceptors (Lipinski definition) is 2. The van der Waals surface area contributed by atoms with Crippen LogP contribution in [0.3, 0.4) is 0 Å². The quantitative estimate of drug-likeness (QED) is 0.522. The molecule has 0 aliphatic rings. The maximum absolute atomic E-state index is 10.6. The van der Waals surface area contributed by atoms with E-state index >= 15 is 0 Å². The van der Waals surface area contributed by atoms with Gasteiger partial charge in [0.05, 0.1) is 5.66 Å². The third kappa shape index (κ3) is 2.80. The van der Waals surface area contributed by atoms with Crippen LogP contribution in [0, 0.1) is 5.92 Å². The van der Waals surface area contributed by atoms with Gasteiger partial charge < -0.3 is 15.5 Å². The summed E-state index contributed by atoms with van der Waals surface area (Å²) in [4.78, 5) is 17.4. The summed E-state index contributed by atoms with van der Waals surface area (Å²) in [5.41, 5.74) is 4.48. The first kappa shape index (κ1) is 10.1. The SMILES string of the molecule is CC(C)C(CN)P(=O)(O)O. The van der Waals surface area contributed by atoms with E-state index in [9.17, 15) is 4.57 Å². The summed E-state index contributed by atoms with van der Waals surface area (Å²) in [7, 11) is -3.96. The molecule has 1 atom stereocenters. The van der Waals surface area contributed by atoms with E-state index in [1.54, 1.807) is 13.8 Å². The zero-order valence-corrected chi connectivity index (χ0v) is 7.08. The number of hydrogen-bond donors (Lipinski definition) is 3. The summed E-state index contributed by atoms with van der Waals surface area (Å²) in [5.74, 6) is -0.0640. The van der Waals surface area contributed by atoms with Crippen LogP contribution in [0.15, 0.2) is 0 Å². The van der Waals surface area contributed by atoms with Gasteiger partial charge in [0.15, 0.2) is 0 Å². The molecule has 0 fully saturated rings. The van der Waals surface area contributed by atoms with Gasteiger partial charge in [0.2, 0.25) is 0 Å². The average molecular weight is 167 g/mol. The molecule has 0 aliphatic carbocycles. The minimum Gasteiger partial charge on any atom is -0.330 e. The zero-order chi connectivity index (χ0) is 8.36. The lowest BCUT2D eigenvalue weighted by Crippen LogP contribution is -2.25. The molecule has 10 heavy (non-hydrogen) atoms. The highest BCUT2D eigenvalue weighted by atomic mass is 31.2. The van der Waals surface area contributed by atoms with Crippen LogP contribution in [0.25, 0.3) is 0 Å². The fraction of sp³-hybridized carbons (Fsp3) is 1.00. The second kappa shape index (κ2) is 3.49. The highest BCUT2D eigenvalue weighted by molar-refractivity contribution is 7.52. The Bertz CT molecular complexity index is 142. The van der Waals surface area contributed by atoms with Crippen molar-refractivity contribution in [2.45, 2.75) is 19.5 Å². The van der Waals surface area contributed by atoms with E-state index in [1.165, 1.54) is 0 Å². The molecule has 4 N–H and O–H groups in total. The molecule has 1 unspecified atom stereocenters. The van der Waals surface area contributed by atoms with Gasteiger partial charge in [-0.1, -0.05) is 13.8 Å². The van der Waals surface area contributed by atoms with Crippen LogP contribution >= 0.6 is 7.60 Å². The van der Waals surface area contributed by atoms with Gasteiger partial charge in [-0.15, -0.1) is 0 Å². The Balaban J connectivity index is 4.22. The van der Waals surface area contributed by atoms with E-state index in [0.29, 0.717) is 0 Å². The Kier molecular flexibility index (Phi) is 3.52. The molecule has 0 radical (unpaired) electrons. The van der Waals surface area contributed by atoms with Crippen molar-refractivity contribution < 1.29 is 14.4 Å². The Morgan fingerprint density at radius 2 is 1.90 bits per heavy atom. The summed E-state index contributed by atoms with van der Waals surface area (Å²) < 4.78 is 10.6. The topological polar surface area (TPSA) is 83.6 Å². The predicted molar refractivity (Wildman–Crippen MR) is 39.7 cm³/mol. The van der Waals surface area contributed by atoms with Crippen molar-refractivity contribution in [3.63, 3.8) is 0 Å². The van der Waals surface area contributed by atoms with Crippen molar-refractivity contribution in [1.29, 1.82) is 0 Å². The van der Waals surface area contributed by atoms with E-state index in [-0.39, 0.29) is 12.5 Å². The Morgan fingerprint density at radius 1 is 1.50 bits per heavy atom. The summed E-state index contributed by atoms with van der Waals surface area (Å²) >= 11 is 0. The van der Waals surface area contributed by atoms with E-state index in [0.717, 1.165) is 0 Å². The lowest BCUT2D eigenvalue weighted by Gasteiger charge is -2.19. The molecule has 0 aromatic rings. The summed E-state index contributed by atoms with van der Waals surface area (Å²) in [6.07, 6.45) is 0. The highest BCUT2D eigenvalue weighted by Gasteiger charge is 2.29. The largest absolute Gasteiger partial charge is 0.330 e. The Labute approximate surface area is 60.6 Å². The molecular formula is C5H14NO3P. The van der Waals surface area contributed by atoms with Gasteiger partial charge in [0.1, 0.15) is 0 Å². The van der Waals surface area contributed by atoms with Gasteiger partial charge in [-0.3, -0.25) is 4.57 Å². The van der Waals surface area contributed by atoms with Crippen molar-refractivity contribution in [1.82, 2.24) is 0 Å². The first-order valence-electron chi connectivity index (χ1n) is 3.15. The van der Waals surface area contributed by atoms with Crippen LogP contribution in [-0.4, -0.2) is 22.0 Å². The molecule has 0 rings (SSSR count). The Hall–Kier alpha value is 0.110. The first-order valence-corrected chi connectivity index (χ1v) is 4.83. The van der Waals surface area contributed by atoms with Gasteiger partial charge in [-0.05, 0) is 5.92 Å². The molecule has 0 spiro atoms. The molecule has 5 heteroatoms. The molecule has 0 bridgehead atoms. The van der Waals surface area contributed by atoms with Crippen molar-refractivity contribution in [2.75, 3.05) is 6.54 Å². The van der Waals surface area contributed by atoms with Crippen LogP contribution in [0.2, 0.25) is 0 Å². The molecule has 0 saturated heterocycles. The molecule has 0 aliphatic heterocycles. The fourth-order valence-corrected chi connectivity index (χ4v) is 1.85. The third-order valence-corrected chi connectivity index (χ3v) is 3.11. The number of rotatable bonds is 3. The smallest absolute Gasteiger partial charge is 0.330 e. The molecule has 0 heterocycles. The van der Waals surface area contributed by atoms with Crippen LogP contribution in [0.1, 0.15) is 13.8 Å². The van der Waals surface area contributed by atoms with Gasteiger partial charge in [0.25, 0.3) is 0 Å². The van der Waals surface area contributed by atoms with Crippen molar-refractivity contribution in [3.8, 4) is 0 Å². The molecule has 0 aromatic carbocycles. The van der Waals surface area contributed by atoms with E-state index in [2.05, 4.69) is 0 Å². The lowest BCUT2D eigenvalue weighted by molar-refractivity contribution is 0.343. The van der Waals surface area contributed by atoms with Crippen LogP contribution in [0.4, 0.5) is 0 Å². The molecule has 0 amide bonds. The van der Waals surface area contributed by atoms with Gasteiger partial charge >= 0.3 is 7.60 Å². The van der Waals surface area contributed by atoms with Crippen LogP contribution in [-0.2, 0) is 4.57 Å². The molecule has 0 aromatic heterocycles. The van der Waals surface area contributed by atoms with Crippen molar-refractivity contribution in [2.24, 2.45) is 11.7 Å². The van der Waals surface area contributed by atoms with E-state index in [4.69, 9.17) is 15.5 Å². The summed E-state index contributed by atoms with van der Waals surface area (Å²) in [6.45, 7) is 3.54. The van der Waals surface area contributed by atoms with Gasteiger partial charge in [0, 0.05) is 6.54 Å². The van der Waals surface area contributed by atoms with Crippen molar-refractivity contribution >= 4 is 7.60 Å². The second-order valence-corrected chi connectivity index (χ2v) is 4.48. The lowest BCUT2D eigenvalue weighted by atomic mass is 10.1. The standard InChI is InChI=1S/C5H14NO3P/c1-4(2)5(3-6)10(7,8)9/h4-5H,3,6H2,1-2H3,(H2,7,8,9). The van der Waals surface area contributed by atoms with Gasteiger partial charge in [-0.2, -0.15) is 0 Å². The minimum atomic E-state index is -3.96. The zero-order valence-electron chi connectivity index (χ0n) is 6.19. The summed E-state index contributed by atoms with van der Waals surface area (Å²) in [6, 6.07) is 0. The second-order valence-electron chi connectivity index (χ2n) is 2.64. The summed E-state index contributed by atoms with van der Waals surface area (Å²) in [5, 5.41) is 0. The minimum absolute atomic E-state index is 0.0436. The van der Waals surface area contributed by atoms with Crippen LogP contribution in [0.5, 0.6) is 0 Å².